The molecule has 0 aliphatic carbocycles. The van der Waals surface area contributed by atoms with Crippen LogP contribution >= 0.6 is 0 Å². The molecule has 0 bridgehead atoms. The first-order chi connectivity index (χ1) is 6.52. The molecule has 0 aliphatic heterocycles. The number of benzene rings is 1. The van der Waals surface area contributed by atoms with Gasteiger partial charge < -0.3 is 5.11 Å². The molecule has 0 saturated heterocycles. The molecule has 1 aromatic rings. The smallest absolute Gasteiger partial charge is 0.352 e. The summed E-state index contributed by atoms with van der Waals surface area (Å²) in [5.74, 6) is -1.87. The number of aliphatic carboxylic acids is 1. The van der Waals surface area contributed by atoms with Gasteiger partial charge in [-0.25, -0.2) is 9.90 Å². The van der Waals surface area contributed by atoms with Gasteiger partial charge >= 0.3 is 11.9 Å². The number of carboxylic acids is 1. The van der Waals surface area contributed by atoms with E-state index in [2.05, 4.69) is 0 Å². The van der Waals surface area contributed by atoms with Gasteiger partial charge in [0, 0.05) is 6.92 Å². The van der Waals surface area contributed by atoms with Crippen LogP contribution in [0.5, 0.6) is 0 Å². The van der Waals surface area contributed by atoms with Crippen LogP contribution in [-0.4, -0.2) is 17.0 Å². The van der Waals surface area contributed by atoms with Crippen molar-refractivity contribution in [2.24, 2.45) is 0 Å². The van der Waals surface area contributed by atoms with Crippen molar-refractivity contribution in [1.82, 2.24) is 0 Å². The fourth-order valence-corrected chi connectivity index (χ4v) is 0.770. The molecule has 1 N–H and O–H groups in total. The van der Waals surface area contributed by atoms with Crippen LogP contribution < -0.4 is 0 Å². The highest BCUT2D eigenvalue weighted by Gasteiger charge is 1.96. The van der Waals surface area contributed by atoms with Gasteiger partial charge in [0.1, 0.15) is 0 Å². The highest BCUT2D eigenvalue weighted by molar-refractivity contribution is 5.70. The van der Waals surface area contributed by atoms with Gasteiger partial charge in [0.2, 0.25) is 0 Å². The summed E-state index contributed by atoms with van der Waals surface area (Å²) in [7, 11) is 0. The molecular formula is C10H11O4. The molecule has 1 rings (SSSR count). The van der Waals surface area contributed by atoms with E-state index in [1.807, 2.05) is 18.2 Å². The van der Waals surface area contributed by atoms with Crippen LogP contribution in [0.1, 0.15) is 12.5 Å². The Bertz CT molecular complexity index is 288. The van der Waals surface area contributed by atoms with Crippen molar-refractivity contribution in [1.29, 1.82) is 0 Å². The molecule has 0 amide bonds. The van der Waals surface area contributed by atoms with Crippen molar-refractivity contribution in [3.05, 3.63) is 35.9 Å². The Morgan fingerprint density at radius 2 is 1.64 bits per heavy atom. The van der Waals surface area contributed by atoms with E-state index in [1.54, 1.807) is 12.1 Å². The maximum absolute atomic E-state index is 10.2. The molecule has 0 fully saturated rings. The molecule has 0 aliphatic rings. The third-order valence-corrected chi connectivity index (χ3v) is 1.20. The number of rotatable bonds is 2. The molecule has 0 aromatic heterocycles. The number of carbonyl (C=O) groups is 2. The lowest BCUT2D eigenvalue weighted by Gasteiger charge is -1.92. The van der Waals surface area contributed by atoms with Gasteiger partial charge in [0.15, 0.2) is 0 Å². The lowest BCUT2D eigenvalue weighted by atomic mass is 10.2. The number of hydrogen-bond donors (Lipinski definition) is 1. The van der Waals surface area contributed by atoms with E-state index in [0.717, 1.165) is 12.5 Å². The van der Waals surface area contributed by atoms with Gasteiger partial charge in [-0.15, -0.1) is 0 Å². The Morgan fingerprint density at radius 1 is 1.21 bits per heavy atom. The summed E-state index contributed by atoms with van der Waals surface area (Å²) in [5, 5.41) is 17.3. The zero-order valence-corrected chi connectivity index (χ0v) is 7.77. The summed E-state index contributed by atoms with van der Waals surface area (Å²) in [6.07, 6.45) is 0.112. The summed E-state index contributed by atoms with van der Waals surface area (Å²) in [6, 6.07) is 9.13. The number of carboxylic acid groups (broad SMARTS) is 1. The van der Waals surface area contributed by atoms with Crippen LogP contribution in [0.25, 0.3) is 0 Å². The maximum atomic E-state index is 10.2. The van der Waals surface area contributed by atoms with Crippen molar-refractivity contribution in [2.75, 3.05) is 0 Å². The van der Waals surface area contributed by atoms with Crippen LogP contribution in [0.15, 0.2) is 30.3 Å². The highest BCUT2D eigenvalue weighted by atomic mass is 16.4. The van der Waals surface area contributed by atoms with Crippen LogP contribution in [0, 0.1) is 0 Å². The summed E-state index contributed by atoms with van der Waals surface area (Å²) in [5.41, 5.74) is 0.843. The Labute approximate surface area is 81.8 Å². The van der Waals surface area contributed by atoms with Gasteiger partial charge in [-0.3, -0.25) is 4.79 Å². The van der Waals surface area contributed by atoms with Gasteiger partial charge in [-0.1, -0.05) is 30.3 Å². The van der Waals surface area contributed by atoms with Crippen molar-refractivity contribution in [3.8, 4) is 0 Å². The molecule has 75 valence electrons. The average molecular weight is 195 g/mol. The van der Waals surface area contributed by atoms with Crippen LogP contribution in [0.3, 0.4) is 0 Å². The second kappa shape index (κ2) is 6.65. The van der Waals surface area contributed by atoms with Crippen LogP contribution in [-0.2, 0) is 21.1 Å². The minimum Gasteiger partial charge on any atom is -0.481 e. The van der Waals surface area contributed by atoms with Crippen molar-refractivity contribution in [2.45, 2.75) is 13.3 Å². The Kier molecular flexibility index (Phi) is 5.78. The second-order valence-corrected chi connectivity index (χ2v) is 2.55. The van der Waals surface area contributed by atoms with E-state index in [4.69, 9.17) is 15.0 Å². The zero-order valence-electron chi connectivity index (χ0n) is 7.77. The highest BCUT2D eigenvalue weighted by Crippen LogP contribution is 1.98. The minimum atomic E-state index is -1.08. The first-order valence-corrected chi connectivity index (χ1v) is 3.95. The van der Waals surface area contributed by atoms with E-state index >= 15 is 0 Å². The second-order valence-electron chi connectivity index (χ2n) is 2.55. The molecule has 14 heavy (non-hydrogen) atoms. The molecule has 4 heteroatoms. The Hall–Kier alpha value is -1.84. The average Bonchev–Trinajstić information content (AvgIpc) is 2.03. The topological polar surface area (TPSA) is 74.3 Å². The Morgan fingerprint density at radius 3 is 2.00 bits per heavy atom. The van der Waals surface area contributed by atoms with Gasteiger partial charge in [-0.05, 0) is 5.56 Å². The molecule has 1 radical (unpaired) electrons. The predicted molar refractivity (Wildman–Crippen MR) is 49.1 cm³/mol. The first kappa shape index (κ1) is 12.2. The summed E-state index contributed by atoms with van der Waals surface area (Å²) >= 11 is 0. The van der Waals surface area contributed by atoms with E-state index in [-0.39, 0.29) is 6.42 Å². The summed E-state index contributed by atoms with van der Waals surface area (Å²) in [4.78, 5) is 19.1. The van der Waals surface area contributed by atoms with Crippen molar-refractivity contribution >= 4 is 11.9 Å². The van der Waals surface area contributed by atoms with Crippen LogP contribution in [0.2, 0.25) is 0 Å². The fourth-order valence-electron chi connectivity index (χ4n) is 0.770. The van der Waals surface area contributed by atoms with Crippen molar-refractivity contribution in [3.63, 3.8) is 0 Å². The third-order valence-electron chi connectivity index (χ3n) is 1.20. The van der Waals surface area contributed by atoms with Gasteiger partial charge in [0.05, 0.1) is 6.42 Å². The third kappa shape index (κ3) is 8.26. The normalized spacial score (nSPS) is 8.36. The molecule has 4 nitrogen and oxygen atoms in total. The summed E-state index contributed by atoms with van der Waals surface area (Å²) < 4.78 is 0. The quantitative estimate of drug-likeness (QED) is 0.772. The lowest BCUT2D eigenvalue weighted by molar-refractivity contribution is -0.140. The first-order valence-electron chi connectivity index (χ1n) is 3.95. The van der Waals surface area contributed by atoms with Crippen LogP contribution in [0.4, 0.5) is 0 Å². The largest absolute Gasteiger partial charge is 0.481 e. The minimum absolute atomic E-state index is 0.112. The van der Waals surface area contributed by atoms with Gasteiger partial charge in [-0.2, -0.15) is 0 Å². The standard InChI is InChI=1S/C8H8O2.C2H3O2/c9-8(10)6-7-4-2-1-3-5-7;1-2(3)4/h1-5H,6H2,(H,9,10);1H3. The molecule has 0 atom stereocenters. The summed E-state index contributed by atoms with van der Waals surface area (Å²) in [6.45, 7) is 0.972. The maximum Gasteiger partial charge on any atom is 0.352 e. The molecular weight excluding hydrogens is 184 g/mol. The molecule has 0 spiro atoms. The number of hydrogen-bond acceptors (Lipinski definition) is 2. The van der Waals surface area contributed by atoms with Crippen molar-refractivity contribution < 1.29 is 19.8 Å². The zero-order chi connectivity index (χ0) is 11.0. The molecule has 1 aromatic carbocycles. The monoisotopic (exact) mass is 195 g/mol. The fraction of sp³-hybridized carbons (Fsp3) is 0.200. The molecule has 0 unspecified atom stereocenters. The number of carbonyl (C=O) groups excluding carboxylic acids is 1. The SMILES string of the molecule is CC([O])=O.O=C(O)Cc1ccccc1. The molecule has 0 saturated carbocycles. The van der Waals surface area contributed by atoms with E-state index in [0.29, 0.717) is 0 Å². The lowest BCUT2D eigenvalue weighted by Crippen LogP contribution is -1.98. The Balaban J connectivity index is 0.000000364. The molecule has 0 heterocycles. The predicted octanol–water partition coefficient (Wildman–Crippen LogP) is 1.28. The van der Waals surface area contributed by atoms with E-state index in [1.165, 1.54) is 0 Å². The van der Waals surface area contributed by atoms with E-state index < -0.39 is 11.9 Å². The van der Waals surface area contributed by atoms with Gasteiger partial charge in [0.25, 0.3) is 0 Å². The van der Waals surface area contributed by atoms with E-state index in [9.17, 15) is 4.79 Å².